The zero-order chi connectivity index (χ0) is 12.1. The fraction of sp³-hybridized carbons (Fsp3) is 0.500. The topological polar surface area (TPSA) is 39.2 Å². The van der Waals surface area contributed by atoms with Crippen molar-refractivity contribution < 1.29 is 13.9 Å². The highest BCUT2D eigenvalue weighted by Crippen LogP contribution is 2.15. The predicted molar refractivity (Wildman–Crippen MR) is 58.8 cm³/mol. The maximum Gasteiger partial charge on any atom is 0.194 e. The molecule has 16 heavy (non-hydrogen) atoms. The van der Waals surface area contributed by atoms with E-state index >= 15 is 0 Å². The molecule has 0 spiro atoms. The van der Waals surface area contributed by atoms with Gasteiger partial charge in [0.2, 0.25) is 0 Å². The number of ketones is 1. The van der Waals surface area contributed by atoms with Gasteiger partial charge in [0.15, 0.2) is 11.6 Å². The van der Waals surface area contributed by atoms with Crippen molar-refractivity contribution in [3.63, 3.8) is 0 Å². The van der Waals surface area contributed by atoms with Gasteiger partial charge in [-0.15, -0.1) is 0 Å². The average molecular weight is 225 g/mol. The molecule has 1 aromatic rings. The first kappa shape index (κ1) is 12.8. The van der Waals surface area contributed by atoms with Crippen LogP contribution in [-0.2, 0) is 4.74 Å². The summed E-state index contributed by atoms with van der Waals surface area (Å²) in [6.45, 7) is 5.99. The summed E-state index contributed by atoms with van der Waals surface area (Å²) in [4.78, 5) is 15.6. The number of ether oxygens (including phenoxy) is 1. The van der Waals surface area contributed by atoms with Gasteiger partial charge in [-0.2, -0.15) is 0 Å². The first-order valence-electron chi connectivity index (χ1n) is 5.33. The molecule has 0 N–H and O–H groups in total. The van der Waals surface area contributed by atoms with Crippen LogP contribution in [0, 0.1) is 11.7 Å². The third kappa shape index (κ3) is 2.85. The molecule has 1 unspecified atom stereocenters. The lowest BCUT2D eigenvalue weighted by atomic mass is 9.98. The Bertz CT molecular complexity index is 366. The quantitative estimate of drug-likeness (QED) is 0.722. The van der Waals surface area contributed by atoms with Gasteiger partial charge in [0.05, 0.1) is 11.8 Å². The number of hydrogen-bond acceptors (Lipinski definition) is 3. The maximum atomic E-state index is 13.4. The third-order valence-electron chi connectivity index (χ3n) is 2.25. The Morgan fingerprint density at radius 3 is 2.75 bits per heavy atom. The Labute approximate surface area is 94.6 Å². The van der Waals surface area contributed by atoms with Crippen LogP contribution in [0.5, 0.6) is 0 Å². The molecule has 4 heteroatoms. The number of carbonyl (C=O) groups is 1. The first-order valence-corrected chi connectivity index (χ1v) is 5.33. The van der Waals surface area contributed by atoms with E-state index in [0.29, 0.717) is 6.61 Å². The molecular formula is C12H16FNO2. The number of Topliss-reactive ketones (excluding diaryl/α,β-unsaturated/α-hetero) is 1. The van der Waals surface area contributed by atoms with Crippen LogP contribution < -0.4 is 0 Å². The summed E-state index contributed by atoms with van der Waals surface area (Å²) in [5.74, 6) is -0.908. The van der Waals surface area contributed by atoms with Crippen molar-refractivity contribution >= 4 is 5.78 Å². The molecule has 0 aliphatic rings. The Kier molecular flexibility index (Phi) is 4.55. The van der Waals surface area contributed by atoms with Crippen LogP contribution in [0.15, 0.2) is 18.5 Å². The SMILES string of the molecule is CCOC(C(=O)c1ccncc1F)C(C)C. The molecule has 0 aliphatic carbocycles. The van der Waals surface area contributed by atoms with Crippen LogP contribution in [0.3, 0.4) is 0 Å². The van der Waals surface area contributed by atoms with Crippen LogP contribution in [0.25, 0.3) is 0 Å². The molecule has 0 radical (unpaired) electrons. The highest BCUT2D eigenvalue weighted by Gasteiger charge is 2.25. The summed E-state index contributed by atoms with van der Waals surface area (Å²) in [5.41, 5.74) is 0.0437. The molecule has 0 fully saturated rings. The second-order valence-electron chi connectivity index (χ2n) is 3.84. The highest BCUT2D eigenvalue weighted by atomic mass is 19.1. The lowest BCUT2D eigenvalue weighted by molar-refractivity contribution is 0.0276. The van der Waals surface area contributed by atoms with E-state index in [1.807, 2.05) is 20.8 Å². The van der Waals surface area contributed by atoms with Crippen molar-refractivity contribution in [3.05, 3.63) is 29.8 Å². The smallest absolute Gasteiger partial charge is 0.194 e. The van der Waals surface area contributed by atoms with Gasteiger partial charge in [-0.3, -0.25) is 9.78 Å². The van der Waals surface area contributed by atoms with E-state index in [-0.39, 0.29) is 17.3 Å². The Morgan fingerprint density at radius 2 is 2.25 bits per heavy atom. The Balaban J connectivity index is 2.95. The van der Waals surface area contributed by atoms with Crippen LogP contribution in [0.1, 0.15) is 31.1 Å². The van der Waals surface area contributed by atoms with Gasteiger partial charge in [-0.05, 0) is 18.9 Å². The van der Waals surface area contributed by atoms with Crippen molar-refractivity contribution in [2.45, 2.75) is 26.9 Å². The minimum absolute atomic E-state index is 0.0139. The van der Waals surface area contributed by atoms with Crippen molar-refractivity contribution in [1.29, 1.82) is 0 Å². The molecular weight excluding hydrogens is 209 g/mol. The van der Waals surface area contributed by atoms with Crippen LogP contribution in [0.2, 0.25) is 0 Å². The lowest BCUT2D eigenvalue weighted by Crippen LogP contribution is -2.30. The molecule has 0 aliphatic heterocycles. The summed E-state index contributed by atoms with van der Waals surface area (Å²) in [5, 5.41) is 0. The zero-order valence-electron chi connectivity index (χ0n) is 9.74. The fourth-order valence-electron chi connectivity index (χ4n) is 1.48. The molecule has 0 bridgehead atoms. The van der Waals surface area contributed by atoms with E-state index in [1.54, 1.807) is 0 Å². The molecule has 1 rings (SSSR count). The number of pyridine rings is 1. The lowest BCUT2D eigenvalue weighted by Gasteiger charge is -2.19. The van der Waals surface area contributed by atoms with Crippen LogP contribution >= 0.6 is 0 Å². The number of rotatable bonds is 5. The largest absolute Gasteiger partial charge is 0.370 e. The van der Waals surface area contributed by atoms with E-state index in [1.165, 1.54) is 12.3 Å². The van der Waals surface area contributed by atoms with Gasteiger partial charge >= 0.3 is 0 Å². The van der Waals surface area contributed by atoms with Gasteiger partial charge in [0.25, 0.3) is 0 Å². The minimum Gasteiger partial charge on any atom is -0.370 e. The van der Waals surface area contributed by atoms with Crippen LogP contribution in [-0.4, -0.2) is 23.5 Å². The first-order chi connectivity index (χ1) is 7.57. The molecule has 88 valence electrons. The number of nitrogens with zero attached hydrogens (tertiary/aromatic N) is 1. The summed E-state index contributed by atoms with van der Waals surface area (Å²) < 4.78 is 18.7. The van der Waals surface area contributed by atoms with E-state index < -0.39 is 11.9 Å². The molecule has 0 amide bonds. The van der Waals surface area contributed by atoms with Gasteiger partial charge in [0, 0.05) is 12.8 Å². The van der Waals surface area contributed by atoms with Crippen molar-refractivity contribution in [2.24, 2.45) is 5.92 Å². The van der Waals surface area contributed by atoms with E-state index in [9.17, 15) is 9.18 Å². The third-order valence-corrected chi connectivity index (χ3v) is 2.25. The number of halogens is 1. The molecule has 0 saturated carbocycles. The zero-order valence-corrected chi connectivity index (χ0v) is 9.74. The van der Waals surface area contributed by atoms with Gasteiger partial charge < -0.3 is 4.74 Å². The molecule has 1 atom stereocenters. The minimum atomic E-state index is -0.599. The standard InChI is InChI=1S/C12H16FNO2/c1-4-16-12(8(2)3)11(15)9-5-6-14-7-10(9)13/h5-8,12H,4H2,1-3H3. The van der Waals surface area contributed by atoms with E-state index in [0.717, 1.165) is 6.20 Å². The predicted octanol–water partition coefficient (Wildman–Crippen LogP) is 2.46. The van der Waals surface area contributed by atoms with Gasteiger partial charge in [-0.1, -0.05) is 13.8 Å². The summed E-state index contributed by atoms with van der Waals surface area (Å²) in [6.07, 6.45) is 1.85. The Hall–Kier alpha value is -1.29. The second-order valence-corrected chi connectivity index (χ2v) is 3.84. The summed E-state index contributed by atoms with van der Waals surface area (Å²) >= 11 is 0. The summed E-state index contributed by atoms with van der Waals surface area (Å²) in [6, 6.07) is 1.38. The monoisotopic (exact) mass is 225 g/mol. The van der Waals surface area contributed by atoms with Crippen molar-refractivity contribution in [1.82, 2.24) is 4.98 Å². The number of carbonyl (C=O) groups excluding carboxylic acids is 1. The van der Waals surface area contributed by atoms with Crippen LogP contribution in [0.4, 0.5) is 4.39 Å². The molecule has 1 aromatic heterocycles. The second kappa shape index (κ2) is 5.70. The molecule has 0 saturated heterocycles. The summed E-state index contributed by atoms with van der Waals surface area (Å²) in [7, 11) is 0. The molecule has 1 heterocycles. The van der Waals surface area contributed by atoms with Gasteiger partial charge in [-0.25, -0.2) is 4.39 Å². The van der Waals surface area contributed by atoms with Crippen molar-refractivity contribution in [2.75, 3.05) is 6.61 Å². The number of aromatic nitrogens is 1. The average Bonchev–Trinajstić information content (AvgIpc) is 2.25. The fourth-order valence-corrected chi connectivity index (χ4v) is 1.48. The Morgan fingerprint density at radius 1 is 1.56 bits per heavy atom. The maximum absolute atomic E-state index is 13.4. The normalized spacial score (nSPS) is 12.8. The van der Waals surface area contributed by atoms with E-state index in [2.05, 4.69) is 4.98 Å². The number of hydrogen-bond donors (Lipinski definition) is 0. The molecule has 0 aromatic carbocycles. The van der Waals surface area contributed by atoms with Crippen molar-refractivity contribution in [3.8, 4) is 0 Å². The van der Waals surface area contributed by atoms with Gasteiger partial charge in [0.1, 0.15) is 6.10 Å². The highest BCUT2D eigenvalue weighted by molar-refractivity contribution is 5.99. The molecule has 3 nitrogen and oxygen atoms in total. The van der Waals surface area contributed by atoms with E-state index in [4.69, 9.17) is 4.74 Å².